The number of fused-ring (bicyclic) bond motifs is 3. The Bertz CT molecular complexity index is 958. The number of phenolic OH excluding ortho intramolecular Hbond substituents is 1. The fourth-order valence-electron chi connectivity index (χ4n) is 4.13. The zero-order valence-corrected chi connectivity index (χ0v) is 15.4. The molecular weight excluding hydrogens is 375 g/mol. The quantitative estimate of drug-likeness (QED) is 0.389. The molecule has 0 saturated carbocycles. The highest BCUT2D eigenvalue weighted by Gasteiger charge is 2.43. The molecule has 3 unspecified atom stereocenters. The van der Waals surface area contributed by atoms with Gasteiger partial charge in [-0.15, -0.1) is 0 Å². The van der Waals surface area contributed by atoms with Gasteiger partial charge in [-0.1, -0.05) is 41.4 Å². The van der Waals surface area contributed by atoms with Crippen molar-refractivity contribution in [2.24, 2.45) is 5.92 Å². The van der Waals surface area contributed by atoms with Gasteiger partial charge in [-0.25, -0.2) is 0 Å². The van der Waals surface area contributed by atoms with Crippen LogP contribution in [0, 0.1) is 23.0 Å². The minimum Gasteiger partial charge on any atom is -0.506 e. The predicted molar refractivity (Wildman–Crippen MR) is 102 cm³/mol. The van der Waals surface area contributed by atoms with E-state index in [1.165, 1.54) is 6.07 Å². The topological polar surface area (TPSA) is 75.4 Å². The highest BCUT2D eigenvalue weighted by Crippen LogP contribution is 2.55. The minimum absolute atomic E-state index is 0.00856. The van der Waals surface area contributed by atoms with Gasteiger partial charge in [-0.2, -0.15) is 0 Å². The van der Waals surface area contributed by atoms with Gasteiger partial charge in [0.25, 0.3) is 5.69 Å². The van der Waals surface area contributed by atoms with E-state index in [-0.39, 0.29) is 39.3 Å². The Morgan fingerprint density at radius 2 is 2.08 bits per heavy atom. The van der Waals surface area contributed by atoms with Gasteiger partial charge < -0.3 is 10.4 Å². The van der Waals surface area contributed by atoms with Crippen LogP contribution in [-0.4, -0.2) is 10.0 Å². The number of nitro groups is 1. The molecule has 0 radical (unpaired) electrons. The Morgan fingerprint density at radius 3 is 2.81 bits per heavy atom. The number of phenols is 1. The predicted octanol–water partition coefficient (Wildman–Crippen LogP) is 5.74. The van der Waals surface area contributed by atoms with Crippen LogP contribution in [0.15, 0.2) is 36.4 Å². The first-order valence-electron chi connectivity index (χ1n) is 8.27. The molecular formula is C19H16Cl2N2O3. The van der Waals surface area contributed by atoms with E-state index in [9.17, 15) is 15.2 Å². The Hall–Kier alpha value is -2.24. The summed E-state index contributed by atoms with van der Waals surface area (Å²) < 4.78 is 0. The summed E-state index contributed by atoms with van der Waals surface area (Å²) in [5, 5.41) is 26.1. The molecule has 5 nitrogen and oxygen atoms in total. The van der Waals surface area contributed by atoms with Crippen LogP contribution < -0.4 is 5.32 Å². The fraction of sp³-hybridized carbons (Fsp3) is 0.263. The molecule has 0 saturated heterocycles. The standard InChI is InChI=1S/C19H16Cl2N2O3/c1-9-5-6-15(23(25)26)16-11-3-2-4-12(11)18(22-17(9)16)13-7-10(20)8-14(21)19(13)24/h2-3,5-8,11-12,18,22,24H,4H2,1H3. The van der Waals surface area contributed by atoms with Crippen LogP contribution in [0.3, 0.4) is 0 Å². The van der Waals surface area contributed by atoms with Gasteiger partial charge in [-0.05, 0) is 37.0 Å². The number of halogens is 2. The number of nitro benzene ring substituents is 1. The molecule has 2 aliphatic rings. The third-order valence-corrected chi connectivity index (χ3v) is 5.80. The summed E-state index contributed by atoms with van der Waals surface area (Å²) in [5.41, 5.74) is 3.09. The molecule has 3 atom stereocenters. The molecule has 134 valence electrons. The fourth-order valence-corrected chi connectivity index (χ4v) is 4.63. The summed E-state index contributed by atoms with van der Waals surface area (Å²) in [6.45, 7) is 1.91. The lowest BCUT2D eigenvalue weighted by molar-refractivity contribution is -0.385. The van der Waals surface area contributed by atoms with Crippen molar-refractivity contribution in [1.29, 1.82) is 0 Å². The number of nitrogens with one attached hydrogen (secondary N) is 1. The van der Waals surface area contributed by atoms with Crippen LogP contribution in [0.25, 0.3) is 0 Å². The van der Waals surface area contributed by atoms with E-state index in [4.69, 9.17) is 23.2 Å². The van der Waals surface area contributed by atoms with Crippen molar-refractivity contribution >= 4 is 34.6 Å². The lowest BCUT2D eigenvalue weighted by Crippen LogP contribution is -2.30. The van der Waals surface area contributed by atoms with Crippen LogP contribution in [-0.2, 0) is 0 Å². The van der Waals surface area contributed by atoms with Crippen LogP contribution in [0.2, 0.25) is 10.0 Å². The van der Waals surface area contributed by atoms with Crippen molar-refractivity contribution < 1.29 is 10.0 Å². The second-order valence-corrected chi connectivity index (χ2v) is 7.59. The Balaban J connectivity index is 1.91. The number of allylic oxidation sites excluding steroid dienone is 2. The molecule has 26 heavy (non-hydrogen) atoms. The average Bonchev–Trinajstić information content (AvgIpc) is 3.07. The van der Waals surface area contributed by atoms with E-state index in [0.717, 1.165) is 17.7 Å². The number of anilines is 1. The second-order valence-electron chi connectivity index (χ2n) is 6.75. The summed E-state index contributed by atoms with van der Waals surface area (Å²) in [5.74, 6) is -0.0807. The van der Waals surface area contributed by atoms with Gasteiger partial charge in [0.15, 0.2) is 0 Å². The SMILES string of the molecule is Cc1ccc([N+](=O)[O-])c2c1NC(c1cc(Cl)cc(Cl)c1O)C1CC=CC21. The van der Waals surface area contributed by atoms with Crippen molar-refractivity contribution in [2.75, 3.05) is 5.32 Å². The molecule has 0 spiro atoms. The molecule has 1 heterocycles. The number of benzene rings is 2. The van der Waals surface area contributed by atoms with Crippen molar-refractivity contribution in [3.63, 3.8) is 0 Å². The smallest absolute Gasteiger partial charge is 0.275 e. The summed E-state index contributed by atoms with van der Waals surface area (Å²) in [4.78, 5) is 11.2. The van der Waals surface area contributed by atoms with Crippen molar-refractivity contribution in [3.05, 3.63) is 73.3 Å². The molecule has 0 amide bonds. The third-order valence-electron chi connectivity index (χ3n) is 5.29. The zero-order chi connectivity index (χ0) is 18.6. The zero-order valence-electron chi connectivity index (χ0n) is 13.9. The Kier molecular flexibility index (Phi) is 4.09. The molecule has 1 aliphatic heterocycles. The molecule has 2 N–H and O–H groups in total. The molecule has 4 rings (SSSR count). The van der Waals surface area contributed by atoms with E-state index in [0.29, 0.717) is 16.1 Å². The van der Waals surface area contributed by atoms with Gasteiger partial charge in [-0.3, -0.25) is 10.1 Å². The molecule has 2 aromatic carbocycles. The van der Waals surface area contributed by atoms with Gasteiger partial charge >= 0.3 is 0 Å². The lowest BCUT2D eigenvalue weighted by Gasteiger charge is -2.38. The molecule has 7 heteroatoms. The van der Waals surface area contributed by atoms with E-state index in [1.807, 2.05) is 19.1 Å². The summed E-state index contributed by atoms with van der Waals surface area (Å²) in [7, 11) is 0. The maximum atomic E-state index is 11.5. The molecule has 0 bridgehead atoms. The van der Waals surface area contributed by atoms with Crippen LogP contribution >= 0.6 is 23.2 Å². The third kappa shape index (κ3) is 2.54. The molecule has 0 fully saturated rings. The van der Waals surface area contributed by atoms with E-state index >= 15 is 0 Å². The van der Waals surface area contributed by atoms with Crippen molar-refractivity contribution in [3.8, 4) is 5.75 Å². The summed E-state index contributed by atoms with van der Waals surface area (Å²) >= 11 is 12.3. The van der Waals surface area contributed by atoms with Gasteiger partial charge in [0.1, 0.15) is 5.75 Å². The minimum atomic E-state index is -0.336. The van der Waals surface area contributed by atoms with Gasteiger partial charge in [0.2, 0.25) is 0 Å². The maximum absolute atomic E-state index is 11.5. The monoisotopic (exact) mass is 390 g/mol. The number of hydrogen-bond acceptors (Lipinski definition) is 4. The first-order valence-corrected chi connectivity index (χ1v) is 9.03. The number of aryl methyl sites for hydroxylation is 1. The maximum Gasteiger partial charge on any atom is 0.275 e. The van der Waals surface area contributed by atoms with Crippen LogP contribution in [0.1, 0.15) is 35.1 Å². The Morgan fingerprint density at radius 1 is 1.31 bits per heavy atom. The summed E-state index contributed by atoms with van der Waals surface area (Å²) in [6, 6.07) is 6.25. The highest BCUT2D eigenvalue weighted by molar-refractivity contribution is 6.35. The average molecular weight is 391 g/mol. The Labute approximate surface area is 160 Å². The first kappa shape index (κ1) is 17.2. The van der Waals surface area contributed by atoms with E-state index < -0.39 is 0 Å². The van der Waals surface area contributed by atoms with E-state index in [2.05, 4.69) is 5.32 Å². The van der Waals surface area contributed by atoms with Gasteiger partial charge in [0, 0.05) is 28.3 Å². The number of hydrogen-bond donors (Lipinski definition) is 2. The van der Waals surface area contributed by atoms with Crippen LogP contribution in [0.5, 0.6) is 5.75 Å². The second kappa shape index (κ2) is 6.18. The number of aromatic hydroxyl groups is 1. The lowest BCUT2D eigenvalue weighted by atomic mass is 9.75. The van der Waals surface area contributed by atoms with Crippen molar-refractivity contribution in [2.45, 2.75) is 25.3 Å². The molecule has 2 aromatic rings. The van der Waals surface area contributed by atoms with Crippen LogP contribution in [0.4, 0.5) is 11.4 Å². The van der Waals surface area contributed by atoms with E-state index in [1.54, 1.807) is 18.2 Å². The first-order chi connectivity index (χ1) is 12.4. The number of nitrogens with zero attached hydrogens (tertiary/aromatic N) is 1. The van der Waals surface area contributed by atoms with Crippen molar-refractivity contribution in [1.82, 2.24) is 0 Å². The summed E-state index contributed by atoms with van der Waals surface area (Å²) in [6.07, 6.45) is 4.80. The number of rotatable bonds is 2. The molecule has 0 aromatic heterocycles. The normalized spacial score (nSPS) is 23.3. The largest absolute Gasteiger partial charge is 0.506 e. The van der Waals surface area contributed by atoms with Gasteiger partial charge in [0.05, 0.1) is 21.6 Å². The molecule has 1 aliphatic carbocycles. The highest BCUT2D eigenvalue weighted by atomic mass is 35.5.